The zero-order valence-electron chi connectivity index (χ0n) is 7.70. The highest BCUT2D eigenvalue weighted by atomic mass is 79.9. The fourth-order valence-corrected chi connectivity index (χ4v) is 2.52. The van der Waals surface area contributed by atoms with E-state index in [0.717, 1.165) is 9.35 Å². The highest BCUT2D eigenvalue weighted by molar-refractivity contribution is 9.10. The second-order valence-electron chi connectivity index (χ2n) is 3.43. The predicted molar refractivity (Wildman–Crippen MR) is 59.8 cm³/mol. The van der Waals surface area contributed by atoms with E-state index in [0.29, 0.717) is 0 Å². The van der Waals surface area contributed by atoms with Crippen LogP contribution in [0, 0.1) is 5.92 Å². The Balaban J connectivity index is 2.73. The summed E-state index contributed by atoms with van der Waals surface area (Å²) in [5, 5.41) is 11.8. The van der Waals surface area contributed by atoms with Gasteiger partial charge in [0, 0.05) is 20.8 Å². The lowest BCUT2D eigenvalue weighted by Crippen LogP contribution is -2.33. The number of hydrogen-bond donors (Lipinski definition) is 2. The van der Waals surface area contributed by atoms with Gasteiger partial charge >= 0.3 is 0 Å². The fraction of sp³-hybridized carbons (Fsp3) is 0.556. The molecular formula is C9H14BrNOS. The van der Waals surface area contributed by atoms with Crippen molar-refractivity contribution in [3.63, 3.8) is 0 Å². The smallest absolute Gasteiger partial charge is 0.103 e. The number of halogens is 1. The molecule has 0 radical (unpaired) electrons. The number of thiophene rings is 1. The third-order valence-corrected chi connectivity index (χ3v) is 3.78. The average molecular weight is 264 g/mol. The zero-order valence-corrected chi connectivity index (χ0v) is 10.1. The van der Waals surface area contributed by atoms with E-state index in [1.807, 2.05) is 25.3 Å². The van der Waals surface area contributed by atoms with Crippen LogP contribution in [0.4, 0.5) is 0 Å². The Morgan fingerprint density at radius 1 is 1.54 bits per heavy atom. The minimum absolute atomic E-state index is 0.189. The standard InChI is InChI=1S/C9H14BrNOS/c1-5(2)8(11)9(12)7-3-6(10)4-13-7/h3-5,8-9,12H,11H2,1-2H3. The molecule has 0 saturated carbocycles. The third-order valence-electron chi connectivity index (χ3n) is 2.01. The van der Waals surface area contributed by atoms with Gasteiger partial charge in [0.1, 0.15) is 6.10 Å². The zero-order chi connectivity index (χ0) is 10.0. The minimum Gasteiger partial charge on any atom is -0.386 e. The first-order valence-corrected chi connectivity index (χ1v) is 5.87. The summed E-state index contributed by atoms with van der Waals surface area (Å²) in [5.74, 6) is 0.288. The lowest BCUT2D eigenvalue weighted by atomic mass is 9.99. The van der Waals surface area contributed by atoms with Gasteiger partial charge in [-0.3, -0.25) is 0 Å². The first-order valence-electron chi connectivity index (χ1n) is 4.20. The molecule has 0 bridgehead atoms. The second-order valence-corrected chi connectivity index (χ2v) is 5.29. The van der Waals surface area contributed by atoms with Gasteiger partial charge in [-0.25, -0.2) is 0 Å². The van der Waals surface area contributed by atoms with Gasteiger partial charge in [-0.1, -0.05) is 13.8 Å². The molecule has 0 saturated heterocycles. The number of nitrogens with two attached hydrogens (primary N) is 1. The molecule has 13 heavy (non-hydrogen) atoms. The Morgan fingerprint density at radius 3 is 2.54 bits per heavy atom. The maximum Gasteiger partial charge on any atom is 0.103 e. The first kappa shape index (κ1) is 11.2. The molecule has 0 amide bonds. The summed E-state index contributed by atoms with van der Waals surface area (Å²) < 4.78 is 1.00. The van der Waals surface area contributed by atoms with Crippen molar-refractivity contribution in [3.05, 3.63) is 20.8 Å². The van der Waals surface area contributed by atoms with Crippen LogP contribution in [0.25, 0.3) is 0 Å². The van der Waals surface area contributed by atoms with Gasteiger partial charge in [-0.15, -0.1) is 11.3 Å². The molecule has 0 aliphatic carbocycles. The topological polar surface area (TPSA) is 46.2 Å². The monoisotopic (exact) mass is 263 g/mol. The molecule has 0 aliphatic rings. The van der Waals surface area contributed by atoms with Gasteiger partial charge in [0.25, 0.3) is 0 Å². The van der Waals surface area contributed by atoms with Gasteiger partial charge < -0.3 is 10.8 Å². The van der Waals surface area contributed by atoms with Gasteiger partial charge in [0.2, 0.25) is 0 Å². The Kier molecular flexibility index (Phi) is 3.91. The van der Waals surface area contributed by atoms with E-state index in [9.17, 15) is 5.11 Å². The number of rotatable bonds is 3. The Morgan fingerprint density at radius 2 is 2.15 bits per heavy atom. The molecule has 74 valence electrons. The van der Waals surface area contributed by atoms with Gasteiger partial charge in [0.05, 0.1) is 0 Å². The molecule has 3 N–H and O–H groups in total. The van der Waals surface area contributed by atoms with E-state index < -0.39 is 6.10 Å². The molecular weight excluding hydrogens is 250 g/mol. The molecule has 0 aromatic carbocycles. The average Bonchev–Trinajstić information content (AvgIpc) is 2.49. The van der Waals surface area contributed by atoms with Crippen LogP contribution in [0.5, 0.6) is 0 Å². The normalized spacial score (nSPS) is 16.2. The summed E-state index contributed by atoms with van der Waals surface area (Å²) >= 11 is 4.87. The van der Waals surface area contributed by atoms with Crippen LogP contribution in [0.1, 0.15) is 24.8 Å². The number of aliphatic hydroxyl groups is 1. The van der Waals surface area contributed by atoms with Crippen LogP contribution in [0.3, 0.4) is 0 Å². The molecule has 0 spiro atoms. The van der Waals surface area contributed by atoms with Crippen molar-refractivity contribution in [1.29, 1.82) is 0 Å². The van der Waals surface area contributed by atoms with Crippen molar-refractivity contribution in [1.82, 2.24) is 0 Å². The SMILES string of the molecule is CC(C)C(N)C(O)c1cc(Br)cs1. The summed E-state index contributed by atoms with van der Waals surface area (Å²) in [7, 11) is 0. The third kappa shape index (κ3) is 2.77. The largest absolute Gasteiger partial charge is 0.386 e. The Labute approximate surface area is 90.9 Å². The lowest BCUT2D eigenvalue weighted by Gasteiger charge is -2.20. The molecule has 2 atom stereocenters. The molecule has 1 aromatic rings. The molecule has 2 unspecified atom stereocenters. The summed E-state index contributed by atoms with van der Waals surface area (Å²) in [6.07, 6.45) is -0.545. The molecule has 0 fully saturated rings. The van der Waals surface area contributed by atoms with E-state index in [-0.39, 0.29) is 12.0 Å². The van der Waals surface area contributed by atoms with E-state index in [2.05, 4.69) is 15.9 Å². The quantitative estimate of drug-likeness (QED) is 0.881. The van der Waals surface area contributed by atoms with Crippen LogP contribution < -0.4 is 5.73 Å². The summed E-state index contributed by atoms with van der Waals surface area (Å²) in [6.45, 7) is 4.02. The van der Waals surface area contributed by atoms with Crippen molar-refractivity contribution in [2.24, 2.45) is 11.7 Å². The van der Waals surface area contributed by atoms with E-state index in [1.165, 1.54) is 11.3 Å². The number of hydrogen-bond acceptors (Lipinski definition) is 3. The summed E-state index contributed by atoms with van der Waals surface area (Å²) in [6, 6.07) is 1.72. The summed E-state index contributed by atoms with van der Waals surface area (Å²) in [5.41, 5.74) is 5.84. The van der Waals surface area contributed by atoms with Gasteiger partial charge in [-0.2, -0.15) is 0 Å². The maximum atomic E-state index is 9.84. The molecule has 0 aliphatic heterocycles. The fourth-order valence-electron chi connectivity index (χ4n) is 1.04. The molecule has 1 aromatic heterocycles. The van der Waals surface area contributed by atoms with Crippen LogP contribution in [0.2, 0.25) is 0 Å². The summed E-state index contributed by atoms with van der Waals surface area (Å²) in [4.78, 5) is 0.924. The maximum absolute atomic E-state index is 9.84. The molecule has 4 heteroatoms. The molecule has 2 nitrogen and oxygen atoms in total. The molecule has 1 heterocycles. The van der Waals surface area contributed by atoms with Crippen molar-refractivity contribution >= 4 is 27.3 Å². The highest BCUT2D eigenvalue weighted by Gasteiger charge is 2.21. The lowest BCUT2D eigenvalue weighted by molar-refractivity contribution is 0.129. The van der Waals surface area contributed by atoms with Crippen molar-refractivity contribution < 1.29 is 5.11 Å². The van der Waals surface area contributed by atoms with Crippen LogP contribution in [-0.4, -0.2) is 11.1 Å². The highest BCUT2D eigenvalue weighted by Crippen LogP contribution is 2.28. The van der Waals surface area contributed by atoms with E-state index in [4.69, 9.17) is 5.73 Å². The van der Waals surface area contributed by atoms with E-state index >= 15 is 0 Å². The minimum atomic E-state index is -0.545. The Bertz CT molecular complexity index is 274. The molecule has 1 rings (SSSR count). The number of aliphatic hydroxyl groups excluding tert-OH is 1. The van der Waals surface area contributed by atoms with Gasteiger partial charge in [-0.05, 0) is 27.9 Å². The van der Waals surface area contributed by atoms with Crippen molar-refractivity contribution in [3.8, 4) is 0 Å². The second kappa shape index (κ2) is 4.55. The van der Waals surface area contributed by atoms with Crippen molar-refractivity contribution in [2.45, 2.75) is 26.0 Å². The van der Waals surface area contributed by atoms with Crippen LogP contribution in [-0.2, 0) is 0 Å². The predicted octanol–water partition coefficient (Wildman–Crippen LogP) is 2.53. The van der Waals surface area contributed by atoms with Gasteiger partial charge in [0.15, 0.2) is 0 Å². The van der Waals surface area contributed by atoms with Crippen LogP contribution in [0.15, 0.2) is 15.9 Å². The first-order chi connectivity index (χ1) is 6.02. The van der Waals surface area contributed by atoms with Crippen LogP contribution >= 0.6 is 27.3 Å². The Hall–Kier alpha value is 0.1000. The van der Waals surface area contributed by atoms with Crippen molar-refractivity contribution in [2.75, 3.05) is 0 Å². The van der Waals surface area contributed by atoms with E-state index in [1.54, 1.807) is 0 Å².